The highest BCUT2D eigenvalue weighted by molar-refractivity contribution is 7.21. The Hall–Kier alpha value is -2.80. The minimum Gasteiger partial charge on any atom is -0.497 e. The van der Waals surface area contributed by atoms with E-state index < -0.39 is 0 Å². The van der Waals surface area contributed by atoms with E-state index in [2.05, 4.69) is 17.2 Å². The molecule has 0 saturated carbocycles. The van der Waals surface area contributed by atoms with E-state index in [9.17, 15) is 4.79 Å². The molecule has 0 spiro atoms. The van der Waals surface area contributed by atoms with E-state index >= 15 is 0 Å². The number of carbonyl (C=O) groups is 1. The largest absolute Gasteiger partial charge is 0.497 e. The summed E-state index contributed by atoms with van der Waals surface area (Å²) in [7, 11) is 3.12. The van der Waals surface area contributed by atoms with Gasteiger partial charge in [-0.15, -0.1) is 11.3 Å². The third-order valence-corrected chi connectivity index (χ3v) is 5.42. The molecule has 1 amide bonds. The van der Waals surface area contributed by atoms with E-state index in [0.717, 1.165) is 35.2 Å². The lowest BCUT2D eigenvalue weighted by atomic mass is 10.1. The summed E-state index contributed by atoms with van der Waals surface area (Å²) in [6.45, 7) is 2.15. The van der Waals surface area contributed by atoms with E-state index in [0.29, 0.717) is 27.8 Å². The number of pyridine rings is 1. The number of aromatic nitrogens is 1. The zero-order valence-corrected chi connectivity index (χ0v) is 16.5. The standard InChI is InChI=1S/C20H23N3O3S/c1-4-5-6-12-7-9-14-17(21)18(27-20(14)22-12)19(24)23-15-10-8-13(25-2)11-16(15)26-3/h7-11H,4-6,21H2,1-3H3,(H,23,24). The Balaban J connectivity index is 1.88. The number of fused-ring (bicyclic) bond motifs is 1. The minimum absolute atomic E-state index is 0.283. The van der Waals surface area contributed by atoms with Crippen molar-refractivity contribution in [2.45, 2.75) is 26.2 Å². The summed E-state index contributed by atoms with van der Waals surface area (Å²) in [4.78, 5) is 18.7. The predicted molar refractivity (Wildman–Crippen MR) is 110 cm³/mol. The predicted octanol–water partition coefficient (Wildman–Crippen LogP) is 4.49. The number of hydrogen-bond donors (Lipinski definition) is 2. The molecule has 0 atom stereocenters. The maximum absolute atomic E-state index is 12.8. The highest BCUT2D eigenvalue weighted by atomic mass is 32.1. The molecule has 3 N–H and O–H groups in total. The molecular formula is C20H23N3O3S. The van der Waals surface area contributed by atoms with Crippen LogP contribution in [-0.4, -0.2) is 25.1 Å². The Morgan fingerprint density at radius 2 is 2.04 bits per heavy atom. The second-order valence-electron chi connectivity index (χ2n) is 6.12. The monoisotopic (exact) mass is 385 g/mol. The van der Waals surface area contributed by atoms with Crippen molar-refractivity contribution in [2.75, 3.05) is 25.3 Å². The van der Waals surface area contributed by atoms with Crippen LogP contribution in [-0.2, 0) is 6.42 Å². The summed E-state index contributed by atoms with van der Waals surface area (Å²) in [6, 6.07) is 9.14. The van der Waals surface area contributed by atoms with Crippen LogP contribution in [0.15, 0.2) is 30.3 Å². The first kappa shape index (κ1) is 19.0. The zero-order chi connectivity index (χ0) is 19.4. The van der Waals surface area contributed by atoms with Gasteiger partial charge in [0.05, 0.1) is 25.6 Å². The lowest BCUT2D eigenvalue weighted by molar-refractivity contribution is 0.103. The van der Waals surface area contributed by atoms with Gasteiger partial charge in [-0.05, 0) is 37.1 Å². The quantitative estimate of drug-likeness (QED) is 0.626. The van der Waals surface area contributed by atoms with E-state index in [-0.39, 0.29) is 5.91 Å². The van der Waals surface area contributed by atoms with Crippen LogP contribution in [0.2, 0.25) is 0 Å². The van der Waals surface area contributed by atoms with Gasteiger partial charge < -0.3 is 20.5 Å². The number of hydrogen-bond acceptors (Lipinski definition) is 6. The maximum atomic E-state index is 12.8. The van der Waals surface area contributed by atoms with Crippen LogP contribution in [0.25, 0.3) is 10.2 Å². The van der Waals surface area contributed by atoms with Gasteiger partial charge in [0.25, 0.3) is 5.91 Å². The number of unbranched alkanes of at least 4 members (excludes halogenated alkanes) is 1. The maximum Gasteiger partial charge on any atom is 0.268 e. The van der Waals surface area contributed by atoms with Crippen molar-refractivity contribution in [2.24, 2.45) is 0 Å². The molecule has 27 heavy (non-hydrogen) atoms. The fraction of sp³-hybridized carbons (Fsp3) is 0.300. The molecule has 7 heteroatoms. The van der Waals surface area contributed by atoms with Gasteiger partial charge in [0.15, 0.2) is 0 Å². The molecule has 142 valence electrons. The fourth-order valence-corrected chi connectivity index (χ4v) is 3.79. The average molecular weight is 385 g/mol. The smallest absolute Gasteiger partial charge is 0.268 e. The number of amides is 1. The van der Waals surface area contributed by atoms with E-state index in [1.807, 2.05) is 12.1 Å². The molecule has 3 rings (SSSR count). The molecule has 0 aliphatic carbocycles. The first-order valence-corrected chi connectivity index (χ1v) is 9.60. The average Bonchev–Trinajstić information content (AvgIpc) is 3.02. The van der Waals surface area contributed by atoms with Gasteiger partial charge >= 0.3 is 0 Å². The highest BCUT2D eigenvalue weighted by Gasteiger charge is 2.19. The van der Waals surface area contributed by atoms with E-state index in [1.54, 1.807) is 32.4 Å². The molecule has 6 nitrogen and oxygen atoms in total. The molecule has 0 fully saturated rings. The van der Waals surface area contributed by atoms with Crippen LogP contribution in [0.5, 0.6) is 11.5 Å². The Kier molecular flexibility index (Phi) is 5.81. The molecule has 1 aromatic carbocycles. The number of nitrogens with two attached hydrogens (primary N) is 1. The Morgan fingerprint density at radius 3 is 2.74 bits per heavy atom. The third kappa shape index (κ3) is 3.98. The van der Waals surface area contributed by atoms with Crippen LogP contribution in [0.3, 0.4) is 0 Å². The fourth-order valence-electron chi connectivity index (χ4n) is 2.78. The van der Waals surface area contributed by atoms with Crippen molar-refractivity contribution in [3.8, 4) is 11.5 Å². The number of rotatable bonds is 7. The molecule has 0 unspecified atom stereocenters. The number of aryl methyl sites for hydroxylation is 1. The lowest BCUT2D eigenvalue weighted by Gasteiger charge is -2.11. The van der Waals surface area contributed by atoms with Crippen molar-refractivity contribution in [3.05, 3.63) is 40.9 Å². The van der Waals surface area contributed by atoms with Crippen LogP contribution in [0, 0.1) is 0 Å². The number of anilines is 2. The first-order valence-electron chi connectivity index (χ1n) is 8.78. The van der Waals surface area contributed by atoms with Crippen molar-refractivity contribution in [1.29, 1.82) is 0 Å². The Labute approximate surface area is 162 Å². The minimum atomic E-state index is -0.283. The second kappa shape index (κ2) is 8.26. The van der Waals surface area contributed by atoms with Crippen molar-refractivity contribution >= 4 is 38.8 Å². The van der Waals surface area contributed by atoms with Gasteiger partial charge in [0.1, 0.15) is 21.2 Å². The summed E-state index contributed by atoms with van der Waals surface area (Å²) >= 11 is 1.31. The molecule has 0 bridgehead atoms. The summed E-state index contributed by atoms with van der Waals surface area (Å²) < 4.78 is 10.5. The molecule has 0 radical (unpaired) electrons. The number of nitrogens with zero attached hydrogens (tertiary/aromatic N) is 1. The molecule has 0 aliphatic rings. The normalized spacial score (nSPS) is 10.8. The SMILES string of the molecule is CCCCc1ccc2c(N)c(C(=O)Nc3ccc(OC)cc3OC)sc2n1. The van der Waals surface area contributed by atoms with Gasteiger partial charge in [-0.25, -0.2) is 4.98 Å². The van der Waals surface area contributed by atoms with Crippen LogP contribution in [0.4, 0.5) is 11.4 Å². The molecular weight excluding hydrogens is 362 g/mol. The van der Waals surface area contributed by atoms with Gasteiger partial charge in [-0.2, -0.15) is 0 Å². The first-order chi connectivity index (χ1) is 13.1. The van der Waals surface area contributed by atoms with Crippen LogP contribution in [0.1, 0.15) is 35.1 Å². The number of carbonyl (C=O) groups excluding carboxylic acids is 1. The van der Waals surface area contributed by atoms with E-state index in [4.69, 9.17) is 15.2 Å². The number of nitrogens with one attached hydrogen (secondary N) is 1. The van der Waals surface area contributed by atoms with Gasteiger partial charge in [0, 0.05) is 17.1 Å². The number of ether oxygens (including phenoxy) is 2. The number of thiophene rings is 1. The molecule has 0 saturated heterocycles. The van der Waals surface area contributed by atoms with Crippen LogP contribution < -0.4 is 20.5 Å². The topological polar surface area (TPSA) is 86.5 Å². The molecule has 2 aromatic heterocycles. The highest BCUT2D eigenvalue weighted by Crippen LogP contribution is 2.35. The van der Waals surface area contributed by atoms with Gasteiger partial charge in [0.2, 0.25) is 0 Å². The lowest BCUT2D eigenvalue weighted by Crippen LogP contribution is -2.12. The number of nitrogen functional groups attached to an aromatic ring is 1. The molecule has 2 heterocycles. The summed E-state index contributed by atoms with van der Waals surface area (Å²) in [5.74, 6) is 0.881. The van der Waals surface area contributed by atoms with Crippen LogP contribution >= 0.6 is 11.3 Å². The van der Waals surface area contributed by atoms with Crippen molar-refractivity contribution < 1.29 is 14.3 Å². The number of benzene rings is 1. The number of methoxy groups -OCH3 is 2. The summed E-state index contributed by atoms with van der Waals surface area (Å²) in [5.41, 5.74) is 8.25. The Bertz CT molecular complexity index is 969. The zero-order valence-electron chi connectivity index (χ0n) is 15.7. The summed E-state index contributed by atoms with van der Waals surface area (Å²) in [6.07, 6.45) is 3.13. The molecule has 0 aliphatic heterocycles. The van der Waals surface area contributed by atoms with Gasteiger partial charge in [-0.1, -0.05) is 13.3 Å². The van der Waals surface area contributed by atoms with Gasteiger partial charge in [-0.3, -0.25) is 4.79 Å². The molecule has 3 aromatic rings. The van der Waals surface area contributed by atoms with E-state index in [1.165, 1.54) is 11.3 Å². The second-order valence-corrected chi connectivity index (χ2v) is 7.12. The van der Waals surface area contributed by atoms with Crippen molar-refractivity contribution in [3.63, 3.8) is 0 Å². The third-order valence-electron chi connectivity index (χ3n) is 4.30. The van der Waals surface area contributed by atoms with Crippen molar-refractivity contribution in [1.82, 2.24) is 4.98 Å². The summed E-state index contributed by atoms with van der Waals surface area (Å²) in [5, 5.41) is 3.68. The Morgan fingerprint density at radius 1 is 1.22 bits per heavy atom.